The van der Waals surface area contributed by atoms with Gasteiger partial charge in [0.25, 0.3) is 5.91 Å². The Morgan fingerprint density at radius 3 is 2.69 bits per heavy atom. The van der Waals surface area contributed by atoms with Crippen LogP contribution in [0.2, 0.25) is 0 Å². The van der Waals surface area contributed by atoms with Crippen molar-refractivity contribution in [3.8, 4) is 11.5 Å². The second-order valence-corrected chi connectivity index (χ2v) is 7.65. The van der Waals surface area contributed by atoms with Gasteiger partial charge in [-0.2, -0.15) is 0 Å². The zero-order chi connectivity index (χ0) is 20.4. The summed E-state index contributed by atoms with van der Waals surface area (Å²) in [7, 11) is 3.14. The van der Waals surface area contributed by atoms with Crippen LogP contribution in [-0.4, -0.2) is 44.4 Å². The summed E-state index contributed by atoms with van der Waals surface area (Å²) in [6.07, 6.45) is 1.67. The molecule has 6 nitrogen and oxygen atoms in total. The number of amides is 1. The molecule has 1 unspecified atom stereocenters. The van der Waals surface area contributed by atoms with Gasteiger partial charge in [0.2, 0.25) is 0 Å². The lowest BCUT2D eigenvalue weighted by Gasteiger charge is -2.23. The number of fused-ring (bicyclic) bond motifs is 1. The van der Waals surface area contributed by atoms with Crippen molar-refractivity contribution in [2.45, 2.75) is 18.9 Å². The third-order valence-corrected chi connectivity index (χ3v) is 5.98. The van der Waals surface area contributed by atoms with Crippen LogP contribution in [0.3, 0.4) is 0 Å². The third kappa shape index (κ3) is 3.77. The molecule has 0 aliphatic carbocycles. The second-order valence-electron chi connectivity index (χ2n) is 6.67. The summed E-state index contributed by atoms with van der Waals surface area (Å²) in [6.45, 7) is 0.964. The summed E-state index contributed by atoms with van der Waals surface area (Å²) in [6, 6.07) is 9.53. The van der Waals surface area contributed by atoms with Gasteiger partial charge in [-0.3, -0.25) is 9.69 Å². The van der Waals surface area contributed by atoms with Gasteiger partial charge in [0.05, 0.1) is 32.4 Å². The van der Waals surface area contributed by atoms with Gasteiger partial charge in [-0.15, -0.1) is 0 Å². The zero-order valence-corrected chi connectivity index (χ0v) is 17.0. The van der Waals surface area contributed by atoms with E-state index >= 15 is 0 Å². The number of anilines is 1. The minimum Gasteiger partial charge on any atom is -0.495 e. The van der Waals surface area contributed by atoms with Crippen LogP contribution in [0.25, 0.3) is 10.2 Å². The van der Waals surface area contributed by atoms with E-state index < -0.39 is 11.7 Å². The van der Waals surface area contributed by atoms with E-state index in [9.17, 15) is 9.18 Å². The van der Waals surface area contributed by atoms with E-state index in [2.05, 4.69) is 4.98 Å². The van der Waals surface area contributed by atoms with Gasteiger partial charge >= 0.3 is 0 Å². The first kappa shape index (κ1) is 19.6. The van der Waals surface area contributed by atoms with Gasteiger partial charge in [-0.1, -0.05) is 23.5 Å². The summed E-state index contributed by atoms with van der Waals surface area (Å²) < 4.78 is 31.7. The average Bonchev–Trinajstić information content (AvgIpc) is 3.41. The van der Waals surface area contributed by atoms with Crippen LogP contribution in [0.4, 0.5) is 9.52 Å². The molecule has 0 N–H and O–H groups in total. The molecule has 1 atom stereocenters. The number of ether oxygens (including phenoxy) is 3. The molecule has 1 aliphatic heterocycles. The molecule has 1 aromatic heterocycles. The van der Waals surface area contributed by atoms with E-state index in [-0.39, 0.29) is 11.7 Å². The van der Waals surface area contributed by atoms with E-state index in [0.717, 1.165) is 17.5 Å². The van der Waals surface area contributed by atoms with Crippen molar-refractivity contribution in [3.63, 3.8) is 0 Å². The molecule has 3 aromatic rings. The highest BCUT2D eigenvalue weighted by Gasteiger charge is 2.29. The molecule has 0 saturated carbocycles. The normalized spacial score (nSPS) is 16.2. The highest BCUT2D eigenvalue weighted by Crippen LogP contribution is 2.40. The quantitative estimate of drug-likeness (QED) is 0.600. The lowest BCUT2D eigenvalue weighted by atomic mass is 10.1. The largest absolute Gasteiger partial charge is 0.495 e. The molecule has 2 aromatic carbocycles. The first-order valence-electron chi connectivity index (χ1n) is 9.32. The van der Waals surface area contributed by atoms with Gasteiger partial charge < -0.3 is 14.2 Å². The van der Waals surface area contributed by atoms with Crippen molar-refractivity contribution < 1.29 is 23.4 Å². The monoisotopic (exact) mass is 416 g/mol. The number of benzene rings is 2. The first-order valence-corrected chi connectivity index (χ1v) is 10.1. The molecule has 152 valence electrons. The number of halogens is 1. The number of rotatable bonds is 6. The van der Waals surface area contributed by atoms with Crippen molar-refractivity contribution in [1.29, 1.82) is 0 Å². The van der Waals surface area contributed by atoms with Crippen LogP contribution in [0.15, 0.2) is 36.4 Å². The Morgan fingerprint density at radius 2 is 2.00 bits per heavy atom. The van der Waals surface area contributed by atoms with Crippen molar-refractivity contribution in [1.82, 2.24) is 4.98 Å². The Morgan fingerprint density at radius 1 is 1.24 bits per heavy atom. The maximum absolute atomic E-state index is 14.3. The number of aromatic nitrogens is 1. The number of hydrogen-bond acceptors (Lipinski definition) is 6. The van der Waals surface area contributed by atoms with Crippen LogP contribution in [0, 0.1) is 5.82 Å². The molecule has 2 heterocycles. The summed E-state index contributed by atoms with van der Waals surface area (Å²) >= 11 is 1.31. The molecule has 1 aliphatic rings. The maximum Gasteiger partial charge on any atom is 0.263 e. The van der Waals surface area contributed by atoms with Crippen LogP contribution < -0.4 is 14.4 Å². The fourth-order valence-corrected chi connectivity index (χ4v) is 4.49. The first-order chi connectivity index (χ1) is 14.1. The minimum absolute atomic E-state index is 0.00341. The number of carbonyl (C=O) groups excluding carboxylic acids is 1. The Bertz CT molecular complexity index is 992. The molecular weight excluding hydrogens is 395 g/mol. The zero-order valence-electron chi connectivity index (χ0n) is 16.2. The Labute approximate surface area is 171 Å². The van der Waals surface area contributed by atoms with Gasteiger partial charge in [0.1, 0.15) is 27.5 Å². The number of carbonyl (C=O) groups is 1. The van der Waals surface area contributed by atoms with Crippen molar-refractivity contribution in [2.24, 2.45) is 0 Å². The number of hydrogen-bond donors (Lipinski definition) is 0. The van der Waals surface area contributed by atoms with Crippen molar-refractivity contribution in [2.75, 3.05) is 32.3 Å². The number of thiazole rings is 1. The summed E-state index contributed by atoms with van der Waals surface area (Å²) in [5.41, 5.74) is 0.606. The average molecular weight is 416 g/mol. The molecule has 1 amide bonds. The van der Waals surface area contributed by atoms with E-state index in [1.54, 1.807) is 38.5 Å². The summed E-state index contributed by atoms with van der Waals surface area (Å²) in [4.78, 5) is 19.4. The van der Waals surface area contributed by atoms with Gasteiger partial charge in [0.15, 0.2) is 5.13 Å². The SMILES string of the molecule is COc1ccc(OC)c2sc(N(CC3CCCO3)C(=O)c3ccccc3F)nc12. The lowest BCUT2D eigenvalue weighted by Crippen LogP contribution is -2.37. The summed E-state index contributed by atoms with van der Waals surface area (Å²) in [5, 5.41) is 0.451. The topological polar surface area (TPSA) is 60.9 Å². The molecule has 1 fully saturated rings. The smallest absolute Gasteiger partial charge is 0.263 e. The minimum atomic E-state index is -0.564. The van der Waals surface area contributed by atoms with Crippen LogP contribution in [0.1, 0.15) is 23.2 Å². The number of nitrogens with zero attached hydrogens (tertiary/aromatic N) is 2. The van der Waals surface area contributed by atoms with Crippen LogP contribution >= 0.6 is 11.3 Å². The lowest BCUT2D eigenvalue weighted by molar-refractivity contribution is 0.0914. The standard InChI is InChI=1S/C21H21FN2O4S/c1-26-16-9-10-17(27-2)19-18(16)23-21(29-19)24(12-13-6-5-11-28-13)20(25)14-7-3-4-8-15(14)22/h3-4,7-10,13H,5-6,11-12H2,1-2H3. The van der Waals surface area contributed by atoms with Crippen molar-refractivity contribution >= 4 is 32.6 Å². The Hall–Kier alpha value is -2.71. The highest BCUT2D eigenvalue weighted by atomic mass is 32.1. The van der Waals surface area contributed by atoms with Gasteiger partial charge in [-0.25, -0.2) is 9.37 Å². The summed E-state index contributed by atoms with van der Waals surface area (Å²) in [5.74, 6) is 0.209. The predicted octanol–water partition coefficient (Wildman–Crippen LogP) is 4.28. The second kappa shape index (κ2) is 8.34. The fourth-order valence-electron chi connectivity index (χ4n) is 3.41. The van der Waals surface area contributed by atoms with E-state index in [0.29, 0.717) is 35.3 Å². The molecule has 1 saturated heterocycles. The molecule has 0 spiro atoms. The van der Waals surface area contributed by atoms with Crippen molar-refractivity contribution in [3.05, 3.63) is 47.8 Å². The van der Waals surface area contributed by atoms with E-state index in [1.807, 2.05) is 0 Å². The van der Waals surface area contributed by atoms with Crippen LogP contribution in [0.5, 0.6) is 11.5 Å². The van der Waals surface area contributed by atoms with Crippen LogP contribution in [-0.2, 0) is 4.74 Å². The molecule has 0 bridgehead atoms. The molecule has 4 rings (SSSR count). The molecule has 29 heavy (non-hydrogen) atoms. The third-order valence-electron chi connectivity index (χ3n) is 4.89. The maximum atomic E-state index is 14.3. The molecule has 0 radical (unpaired) electrons. The molecular formula is C21H21FN2O4S. The van der Waals surface area contributed by atoms with Gasteiger partial charge in [-0.05, 0) is 37.1 Å². The predicted molar refractivity (Wildman–Crippen MR) is 110 cm³/mol. The van der Waals surface area contributed by atoms with E-state index in [1.165, 1.54) is 28.4 Å². The Kier molecular flexibility index (Phi) is 5.64. The van der Waals surface area contributed by atoms with E-state index in [4.69, 9.17) is 14.2 Å². The fraction of sp³-hybridized carbons (Fsp3) is 0.333. The highest BCUT2D eigenvalue weighted by molar-refractivity contribution is 7.22. The molecule has 8 heteroatoms. The number of methoxy groups -OCH3 is 2. The van der Waals surface area contributed by atoms with Gasteiger partial charge in [0, 0.05) is 6.61 Å². The Balaban J connectivity index is 1.80.